The van der Waals surface area contributed by atoms with Gasteiger partial charge in [0.15, 0.2) is 0 Å². The molecule has 26 heavy (non-hydrogen) atoms. The number of nitro benzene ring substituents is 1. The Morgan fingerprint density at radius 1 is 1.23 bits per heavy atom. The number of benzene rings is 1. The minimum atomic E-state index is -3.90. The van der Waals surface area contributed by atoms with E-state index in [4.69, 9.17) is 4.74 Å². The monoisotopic (exact) mass is 375 g/mol. The van der Waals surface area contributed by atoms with Crippen LogP contribution in [-0.2, 0) is 10.0 Å². The number of hydrogen-bond donors (Lipinski definition) is 1. The number of sulfonamides is 1. The van der Waals surface area contributed by atoms with Crippen molar-refractivity contribution in [1.82, 2.24) is 9.71 Å². The molecule has 1 N–H and O–H groups in total. The fraction of sp³-hybridized carbons (Fsp3) is 0.235. The summed E-state index contributed by atoms with van der Waals surface area (Å²) in [5.74, 6) is 5.88. The standard InChI is InChI=1S/C17H17N3O5S/c1-13-5-7-15(20(21)22)11-17(13)26(23,24)19-9-3-4-10-25-16-8-6-14(2)18-12-16/h5-8,11-12,19H,9-10H2,1-2H3. The predicted octanol–water partition coefficient (Wildman–Crippen LogP) is 1.97. The Morgan fingerprint density at radius 3 is 2.65 bits per heavy atom. The summed E-state index contributed by atoms with van der Waals surface area (Å²) < 4.78 is 32.2. The minimum Gasteiger partial charge on any atom is -0.479 e. The lowest BCUT2D eigenvalue weighted by Gasteiger charge is -2.07. The van der Waals surface area contributed by atoms with Crippen molar-refractivity contribution in [3.05, 3.63) is 57.9 Å². The molecule has 0 aliphatic heterocycles. The van der Waals surface area contributed by atoms with Gasteiger partial charge in [-0.2, -0.15) is 4.72 Å². The molecule has 0 unspecified atom stereocenters. The SMILES string of the molecule is Cc1ccc(OCC#CCNS(=O)(=O)c2cc([N+](=O)[O-])ccc2C)cn1. The highest BCUT2D eigenvalue weighted by atomic mass is 32.2. The number of non-ortho nitro benzene ring substituents is 1. The quantitative estimate of drug-likeness (QED) is 0.469. The van der Waals surface area contributed by atoms with E-state index < -0.39 is 14.9 Å². The number of hydrogen-bond acceptors (Lipinski definition) is 6. The van der Waals surface area contributed by atoms with Gasteiger partial charge >= 0.3 is 0 Å². The van der Waals surface area contributed by atoms with Crippen molar-refractivity contribution in [1.29, 1.82) is 0 Å². The predicted molar refractivity (Wildman–Crippen MR) is 95.3 cm³/mol. The van der Waals surface area contributed by atoms with Crippen molar-refractivity contribution in [2.24, 2.45) is 0 Å². The number of nitrogens with zero attached hydrogens (tertiary/aromatic N) is 2. The molecule has 9 heteroatoms. The van der Waals surface area contributed by atoms with Crippen LogP contribution in [0.3, 0.4) is 0 Å². The van der Waals surface area contributed by atoms with Crippen molar-refractivity contribution in [2.75, 3.05) is 13.2 Å². The maximum atomic E-state index is 12.3. The molecule has 0 atom stereocenters. The first-order valence-corrected chi connectivity index (χ1v) is 9.04. The van der Waals surface area contributed by atoms with Crippen molar-refractivity contribution in [3.63, 3.8) is 0 Å². The Bertz CT molecular complexity index is 960. The van der Waals surface area contributed by atoms with E-state index in [1.54, 1.807) is 25.3 Å². The second-order valence-electron chi connectivity index (χ2n) is 5.31. The van der Waals surface area contributed by atoms with Gasteiger partial charge in [-0.3, -0.25) is 15.1 Å². The van der Waals surface area contributed by atoms with Crippen LogP contribution in [0.25, 0.3) is 0 Å². The van der Waals surface area contributed by atoms with Crippen LogP contribution in [0, 0.1) is 35.8 Å². The molecule has 0 spiro atoms. The maximum Gasteiger partial charge on any atom is 0.270 e. The van der Waals surface area contributed by atoms with Gasteiger partial charge in [-0.15, -0.1) is 0 Å². The highest BCUT2D eigenvalue weighted by Gasteiger charge is 2.19. The van der Waals surface area contributed by atoms with Gasteiger partial charge < -0.3 is 4.74 Å². The molecule has 2 rings (SSSR count). The second kappa shape index (κ2) is 8.42. The van der Waals surface area contributed by atoms with Gasteiger partial charge in [0.05, 0.1) is 22.6 Å². The number of pyridine rings is 1. The summed E-state index contributed by atoms with van der Waals surface area (Å²) in [6, 6.07) is 7.24. The summed E-state index contributed by atoms with van der Waals surface area (Å²) in [7, 11) is -3.90. The van der Waals surface area contributed by atoms with Gasteiger partial charge in [-0.05, 0) is 31.5 Å². The van der Waals surface area contributed by atoms with Crippen LogP contribution in [0.5, 0.6) is 5.75 Å². The molecule has 8 nitrogen and oxygen atoms in total. The third-order valence-corrected chi connectivity index (χ3v) is 4.89. The summed E-state index contributed by atoms with van der Waals surface area (Å²) >= 11 is 0. The molecule has 0 aliphatic carbocycles. The molecule has 2 aromatic rings. The number of nitrogens with one attached hydrogen (secondary N) is 1. The fourth-order valence-electron chi connectivity index (χ4n) is 1.97. The molecular weight excluding hydrogens is 358 g/mol. The van der Waals surface area contributed by atoms with E-state index >= 15 is 0 Å². The smallest absolute Gasteiger partial charge is 0.270 e. The lowest BCUT2D eigenvalue weighted by Crippen LogP contribution is -2.25. The van der Waals surface area contributed by atoms with Crippen LogP contribution in [0.4, 0.5) is 5.69 Å². The molecule has 1 aromatic carbocycles. The van der Waals surface area contributed by atoms with E-state index in [0.29, 0.717) is 11.3 Å². The highest BCUT2D eigenvalue weighted by Crippen LogP contribution is 2.21. The fourth-order valence-corrected chi connectivity index (χ4v) is 3.16. The van der Waals surface area contributed by atoms with E-state index in [-0.39, 0.29) is 23.7 Å². The van der Waals surface area contributed by atoms with Gasteiger partial charge in [-0.25, -0.2) is 8.42 Å². The van der Waals surface area contributed by atoms with Crippen LogP contribution in [0.15, 0.2) is 41.4 Å². The molecule has 0 bridgehead atoms. The minimum absolute atomic E-state index is 0.0856. The Morgan fingerprint density at radius 2 is 2.00 bits per heavy atom. The van der Waals surface area contributed by atoms with Crippen molar-refractivity contribution < 1.29 is 18.1 Å². The zero-order chi connectivity index (χ0) is 19.2. The molecule has 0 amide bonds. The Kier molecular flexibility index (Phi) is 6.27. The average Bonchev–Trinajstić information content (AvgIpc) is 2.59. The normalized spacial score (nSPS) is 10.7. The first-order chi connectivity index (χ1) is 12.3. The van der Waals surface area contributed by atoms with E-state index in [9.17, 15) is 18.5 Å². The van der Waals surface area contributed by atoms with E-state index in [1.165, 1.54) is 12.1 Å². The van der Waals surface area contributed by atoms with Crippen molar-refractivity contribution in [3.8, 4) is 17.6 Å². The van der Waals surface area contributed by atoms with Crippen molar-refractivity contribution in [2.45, 2.75) is 18.7 Å². The number of rotatable bonds is 6. The number of nitro groups is 1. The van der Waals surface area contributed by atoms with E-state index in [0.717, 1.165) is 11.8 Å². The molecule has 0 saturated heterocycles. The molecular formula is C17H17N3O5S. The van der Waals surface area contributed by atoms with Gasteiger partial charge in [0.2, 0.25) is 10.0 Å². The summed E-state index contributed by atoms with van der Waals surface area (Å²) in [5, 5.41) is 10.8. The molecule has 1 heterocycles. The van der Waals surface area contributed by atoms with Crippen LogP contribution in [0.1, 0.15) is 11.3 Å². The van der Waals surface area contributed by atoms with Gasteiger partial charge in [-0.1, -0.05) is 17.9 Å². The maximum absolute atomic E-state index is 12.3. The largest absolute Gasteiger partial charge is 0.479 e. The van der Waals surface area contributed by atoms with E-state index in [2.05, 4.69) is 21.5 Å². The van der Waals surface area contributed by atoms with Crippen LogP contribution < -0.4 is 9.46 Å². The summed E-state index contributed by atoms with van der Waals surface area (Å²) in [4.78, 5) is 14.1. The zero-order valence-electron chi connectivity index (χ0n) is 14.2. The molecule has 0 fully saturated rings. The number of ether oxygens (including phenoxy) is 1. The molecule has 0 aliphatic rings. The highest BCUT2D eigenvalue weighted by molar-refractivity contribution is 7.89. The summed E-state index contributed by atoms with van der Waals surface area (Å²) in [5.41, 5.74) is 0.989. The number of aromatic nitrogens is 1. The van der Waals surface area contributed by atoms with Gasteiger partial charge in [0, 0.05) is 17.8 Å². The topological polar surface area (TPSA) is 111 Å². The Balaban J connectivity index is 1.94. The summed E-state index contributed by atoms with van der Waals surface area (Å²) in [6.07, 6.45) is 1.57. The lowest BCUT2D eigenvalue weighted by molar-refractivity contribution is -0.385. The summed E-state index contributed by atoms with van der Waals surface area (Å²) in [6.45, 7) is 3.37. The molecule has 0 saturated carbocycles. The lowest BCUT2D eigenvalue weighted by atomic mass is 10.2. The van der Waals surface area contributed by atoms with Gasteiger partial charge in [0.25, 0.3) is 5.69 Å². The first-order valence-electron chi connectivity index (χ1n) is 7.55. The third kappa shape index (κ3) is 5.27. The van der Waals surface area contributed by atoms with Crippen LogP contribution >= 0.6 is 0 Å². The van der Waals surface area contributed by atoms with Crippen LogP contribution in [-0.4, -0.2) is 31.5 Å². The van der Waals surface area contributed by atoms with Crippen LogP contribution in [0.2, 0.25) is 0 Å². The van der Waals surface area contributed by atoms with Crippen molar-refractivity contribution >= 4 is 15.7 Å². The molecule has 0 radical (unpaired) electrons. The van der Waals surface area contributed by atoms with E-state index in [1.807, 2.05) is 6.92 Å². The Labute approximate surface area is 151 Å². The van der Waals surface area contributed by atoms with Gasteiger partial charge in [0.1, 0.15) is 12.4 Å². The third-order valence-electron chi connectivity index (χ3n) is 3.34. The average molecular weight is 375 g/mol. The number of aryl methyl sites for hydroxylation is 2. The second-order valence-corrected chi connectivity index (χ2v) is 7.04. The molecule has 1 aromatic heterocycles. The Hall–Kier alpha value is -2.96. The zero-order valence-corrected chi connectivity index (χ0v) is 15.0. The molecule has 136 valence electrons. The first kappa shape index (κ1) is 19.4.